The summed E-state index contributed by atoms with van der Waals surface area (Å²) in [6.45, 7) is 8.03. The van der Waals surface area contributed by atoms with E-state index < -0.39 is 0 Å². The number of ether oxygens (including phenoxy) is 2. The zero-order chi connectivity index (χ0) is 19.3. The number of nitrogens with one attached hydrogen (secondary N) is 1. The molecule has 2 aliphatic rings. The highest BCUT2D eigenvalue weighted by atomic mass is 19.1. The number of rotatable bonds is 5. The van der Waals surface area contributed by atoms with Gasteiger partial charge in [0.25, 0.3) is 0 Å². The summed E-state index contributed by atoms with van der Waals surface area (Å²) < 4.78 is 24.8. The molecule has 150 valence electrons. The number of piperidine rings is 1. The van der Waals surface area contributed by atoms with E-state index in [-0.39, 0.29) is 12.6 Å². The van der Waals surface area contributed by atoms with Crippen LogP contribution in [0.4, 0.5) is 4.39 Å². The van der Waals surface area contributed by atoms with Crippen LogP contribution in [0.25, 0.3) is 0 Å². The van der Waals surface area contributed by atoms with Gasteiger partial charge in [0, 0.05) is 32.2 Å². The van der Waals surface area contributed by atoms with Crippen LogP contribution in [0.1, 0.15) is 50.7 Å². The normalized spacial score (nSPS) is 23.0. The first-order chi connectivity index (χ1) is 13.0. The minimum absolute atomic E-state index is 0.227. The monoisotopic (exact) mass is 377 g/mol. The maximum Gasteiger partial charge on any atom is 0.193 e. The van der Waals surface area contributed by atoms with Crippen molar-refractivity contribution >= 4 is 5.96 Å². The van der Waals surface area contributed by atoms with Gasteiger partial charge in [0.05, 0.1) is 6.61 Å². The summed E-state index contributed by atoms with van der Waals surface area (Å²) >= 11 is 0. The summed E-state index contributed by atoms with van der Waals surface area (Å²) in [5.41, 5.74) is 2.03. The van der Waals surface area contributed by atoms with Crippen LogP contribution in [-0.4, -0.2) is 44.3 Å². The third-order valence-corrected chi connectivity index (χ3v) is 5.57. The van der Waals surface area contributed by atoms with Gasteiger partial charge in [-0.3, -0.25) is 4.99 Å². The van der Waals surface area contributed by atoms with Gasteiger partial charge in [0.1, 0.15) is 11.6 Å². The van der Waals surface area contributed by atoms with E-state index in [0.717, 1.165) is 35.9 Å². The summed E-state index contributed by atoms with van der Waals surface area (Å²) in [7, 11) is 1.83. The molecule has 1 aromatic rings. The number of fused-ring (bicyclic) bond motifs is 1. The Kier molecular flexibility index (Phi) is 6.58. The van der Waals surface area contributed by atoms with E-state index in [1.165, 1.54) is 31.7 Å². The third-order valence-electron chi connectivity index (χ3n) is 5.57. The largest absolute Gasteiger partial charge is 0.467 e. The molecule has 1 atom stereocenters. The molecule has 0 spiro atoms. The Bertz CT molecular complexity index is 676. The fraction of sp³-hybridized carbons (Fsp3) is 0.667. The molecule has 0 saturated carbocycles. The van der Waals surface area contributed by atoms with Crippen LogP contribution in [0, 0.1) is 11.2 Å². The minimum atomic E-state index is -0.242. The molecular formula is C21H32FN3O2. The summed E-state index contributed by atoms with van der Waals surface area (Å²) in [4.78, 5) is 6.85. The Morgan fingerprint density at radius 1 is 1.41 bits per heavy atom. The summed E-state index contributed by atoms with van der Waals surface area (Å²) in [5, 5.41) is 3.46. The first-order valence-corrected chi connectivity index (χ1v) is 10.0. The van der Waals surface area contributed by atoms with Crippen molar-refractivity contribution in [2.75, 3.05) is 33.5 Å². The second-order valence-corrected chi connectivity index (χ2v) is 7.97. The minimum Gasteiger partial charge on any atom is -0.467 e. The highest BCUT2D eigenvalue weighted by molar-refractivity contribution is 5.80. The Morgan fingerprint density at radius 3 is 3.04 bits per heavy atom. The van der Waals surface area contributed by atoms with Gasteiger partial charge in [-0.15, -0.1) is 0 Å². The number of nitrogens with zero attached hydrogens (tertiary/aromatic N) is 2. The second kappa shape index (κ2) is 8.91. The molecule has 1 aromatic carbocycles. The molecule has 5 nitrogen and oxygen atoms in total. The van der Waals surface area contributed by atoms with E-state index in [4.69, 9.17) is 9.47 Å². The van der Waals surface area contributed by atoms with Crippen LogP contribution < -0.4 is 10.1 Å². The lowest BCUT2D eigenvalue weighted by Crippen LogP contribution is -2.50. The second-order valence-electron chi connectivity index (χ2n) is 7.97. The van der Waals surface area contributed by atoms with Gasteiger partial charge < -0.3 is 19.7 Å². The smallest absolute Gasteiger partial charge is 0.193 e. The molecule has 6 heteroatoms. The standard InChI is InChI=1S/C21H32FN3O2/c1-4-7-21(2)8-5-10-25(14-21)20(23-3)24-9-6-16-11-18(22)12-17-13-26-15-27-19(16)17/h11-12H,4-10,13-15H2,1-3H3,(H,23,24). The molecule has 3 rings (SSSR count). The van der Waals surface area contributed by atoms with Gasteiger partial charge in [-0.2, -0.15) is 0 Å². The molecular weight excluding hydrogens is 345 g/mol. The molecule has 1 unspecified atom stereocenters. The van der Waals surface area contributed by atoms with Gasteiger partial charge in [-0.25, -0.2) is 4.39 Å². The molecule has 0 bridgehead atoms. The van der Waals surface area contributed by atoms with E-state index in [1.54, 1.807) is 6.07 Å². The van der Waals surface area contributed by atoms with Crippen LogP contribution in [0.15, 0.2) is 17.1 Å². The van der Waals surface area contributed by atoms with Crippen molar-refractivity contribution in [2.24, 2.45) is 10.4 Å². The van der Waals surface area contributed by atoms with Gasteiger partial charge in [-0.05, 0) is 48.8 Å². The highest BCUT2D eigenvalue weighted by Crippen LogP contribution is 2.34. The number of hydrogen-bond acceptors (Lipinski definition) is 3. The fourth-order valence-electron chi connectivity index (χ4n) is 4.39. The van der Waals surface area contributed by atoms with E-state index >= 15 is 0 Å². The average Bonchev–Trinajstić information content (AvgIpc) is 2.65. The van der Waals surface area contributed by atoms with Crippen molar-refractivity contribution in [2.45, 2.75) is 52.6 Å². The molecule has 0 aromatic heterocycles. The first kappa shape index (κ1) is 19.9. The third kappa shape index (κ3) is 4.92. The van der Waals surface area contributed by atoms with Crippen molar-refractivity contribution in [1.82, 2.24) is 10.2 Å². The molecule has 1 saturated heterocycles. The van der Waals surface area contributed by atoms with Crippen molar-refractivity contribution < 1.29 is 13.9 Å². The van der Waals surface area contributed by atoms with Gasteiger partial charge in [0.2, 0.25) is 0 Å². The maximum absolute atomic E-state index is 13.9. The quantitative estimate of drug-likeness (QED) is 0.628. The number of halogens is 1. The zero-order valence-electron chi connectivity index (χ0n) is 16.8. The van der Waals surface area contributed by atoms with Crippen LogP contribution in [0.3, 0.4) is 0 Å². The van der Waals surface area contributed by atoms with E-state index in [2.05, 4.69) is 29.1 Å². The molecule has 2 aliphatic heterocycles. The van der Waals surface area contributed by atoms with Gasteiger partial charge in [0.15, 0.2) is 12.8 Å². The number of hydrogen-bond donors (Lipinski definition) is 1. The zero-order valence-corrected chi connectivity index (χ0v) is 16.8. The summed E-state index contributed by atoms with van der Waals surface area (Å²) in [6.07, 6.45) is 5.62. The first-order valence-electron chi connectivity index (χ1n) is 10.0. The lowest BCUT2D eigenvalue weighted by Gasteiger charge is -2.42. The predicted molar refractivity (Wildman–Crippen MR) is 106 cm³/mol. The molecule has 27 heavy (non-hydrogen) atoms. The Morgan fingerprint density at radius 2 is 2.26 bits per heavy atom. The van der Waals surface area contributed by atoms with Crippen molar-refractivity contribution in [3.8, 4) is 5.75 Å². The van der Waals surface area contributed by atoms with E-state index in [1.807, 2.05) is 7.05 Å². The van der Waals surface area contributed by atoms with Crippen molar-refractivity contribution in [3.63, 3.8) is 0 Å². The Hall–Kier alpha value is -1.82. The average molecular weight is 378 g/mol. The fourth-order valence-corrected chi connectivity index (χ4v) is 4.39. The number of aliphatic imine (C=N–C) groups is 1. The van der Waals surface area contributed by atoms with Crippen LogP contribution >= 0.6 is 0 Å². The molecule has 0 radical (unpaired) electrons. The lowest BCUT2D eigenvalue weighted by molar-refractivity contribution is -0.0172. The van der Waals surface area contributed by atoms with Gasteiger partial charge in [-0.1, -0.05) is 20.3 Å². The maximum atomic E-state index is 13.9. The lowest BCUT2D eigenvalue weighted by atomic mass is 9.78. The van der Waals surface area contributed by atoms with E-state index in [9.17, 15) is 4.39 Å². The molecule has 2 heterocycles. The van der Waals surface area contributed by atoms with Crippen LogP contribution in [-0.2, 0) is 17.8 Å². The molecule has 1 N–H and O–H groups in total. The molecule has 0 aliphatic carbocycles. The number of benzene rings is 1. The van der Waals surface area contributed by atoms with Crippen LogP contribution in [0.2, 0.25) is 0 Å². The topological polar surface area (TPSA) is 46.1 Å². The van der Waals surface area contributed by atoms with Crippen molar-refractivity contribution in [3.05, 3.63) is 29.1 Å². The van der Waals surface area contributed by atoms with E-state index in [0.29, 0.717) is 25.0 Å². The SMILES string of the molecule is CCCC1(C)CCCN(C(=NC)NCCc2cc(F)cc3c2OCOC3)C1. The Labute approximate surface area is 161 Å². The summed E-state index contributed by atoms with van der Waals surface area (Å²) in [6, 6.07) is 3.06. The molecule has 1 fully saturated rings. The summed E-state index contributed by atoms with van der Waals surface area (Å²) in [5.74, 6) is 1.47. The highest BCUT2D eigenvalue weighted by Gasteiger charge is 2.31. The van der Waals surface area contributed by atoms with Gasteiger partial charge >= 0.3 is 0 Å². The number of likely N-dealkylation sites (tertiary alicyclic amines) is 1. The predicted octanol–water partition coefficient (Wildman–Crippen LogP) is 3.71. The number of guanidine groups is 1. The van der Waals surface area contributed by atoms with Crippen LogP contribution in [0.5, 0.6) is 5.75 Å². The Balaban J connectivity index is 1.60. The molecule has 0 amide bonds. The van der Waals surface area contributed by atoms with Crippen molar-refractivity contribution in [1.29, 1.82) is 0 Å².